The zero-order valence-corrected chi connectivity index (χ0v) is 18.6. The van der Waals surface area contributed by atoms with Crippen molar-refractivity contribution in [2.45, 2.75) is 11.8 Å². The van der Waals surface area contributed by atoms with Gasteiger partial charge >= 0.3 is 0 Å². The number of hydrogen-bond donors (Lipinski definition) is 1. The Balaban J connectivity index is 1.73. The predicted molar refractivity (Wildman–Crippen MR) is 127 cm³/mol. The fourth-order valence-electron chi connectivity index (χ4n) is 3.49. The normalized spacial score (nSPS) is 11.2. The van der Waals surface area contributed by atoms with E-state index in [0.717, 1.165) is 28.6 Å². The first-order valence-corrected chi connectivity index (χ1v) is 11.9. The van der Waals surface area contributed by atoms with Crippen molar-refractivity contribution in [3.05, 3.63) is 102 Å². The zero-order chi connectivity index (χ0) is 22.7. The van der Waals surface area contributed by atoms with Gasteiger partial charge in [0, 0.05) is 29.3 Å². The molecule has 0 radical (unpaired) electrons. The van der Waals surface area contributed by atoms with Crippen molar-refractivity contribution in [1.29, 1.82) is 0 Å². The maximum absolute atomic E-state index is 13.2. The molecule has 0 atom stereocenters. The van der Waals surface area contributed by atoms with Gasteiger partial charge in [-0.05, 0) is 60.5 Å². The Labute approximate surface area is 187 Å². The molecule has 0 saturated heterocycles. The van der Waals surface area contributed by atoms with Crippen molar-refractivity contribution < 1.29 is 13.2 Å². The van der Waals surface area contributed by atoms with Crippen molar-refractivity contribution >= 4 is 21.4 Å². The molecule has 3 aromatic carbocycles. The van der Waals surface area contributed by atoms with Crippen LogP contribution in [0.15, 0.2) is 96.0 Å². The topological polar surface area (TPSA) is 76.1 Å². The van der Waals surface area contributed by atoms with E-state index in [-0.39, 0.29) is 10.8 Å². The Morgan fingerprint density at radius 3 is 2.34 bits per heavy atom. The maximum Gasteiger partial charge on any atom is 0.256 e. The monoisotopic (exact) mass is 442 g/mol. The predicted octanol–water partition coefficient (Wildman–Crippen LogP) is 5.38. The van der Waals surface area contributed by atoms with Crippen LogP contribution in [0.5, 0.6) is 0 Å². The number of sulfone groups is 1. The van der Waals surface area contributed by atoms with Crippen LogP contribution >= 0.6 is 0 Å². The van der Waals surface area contributed by atoms with Crippen molar-refractivity contribution in [2.24, 2.45) is 0 Å². The number of nitrogens with one attached hydrogen (secondary N) is 1. The SMILES string of the molecule is Cc1cccc(-c2cc(S(C)(=O)=O)ccc2C(=O)Nc2cccc(-c3ccccn3)c2)c1. The van der Waals surface area contributed by atoms with Crippen LogP contribution in [0, 0.1) is 6.92 Å². The number of amides is 1. The molecule has 160 valence electrons. The van der Waals surface area contributed by atoms with E-state index in [1.807, 2.05) is 73.7 Å². The first-order valence-electron chi connectivity index (χ1n) is 10.1. The van der Waals surface area contributed by atoms with Gasteiger partial charge in [-0.25, -0.2) is 8.42 Å². The lowest BCUT2D eigenvalue weighted by Gasteiger charge is -2.13. The molecule has 0 spiro atoms. The molecule has 0 aliphatic carbocycles. The van der Waals surface area contributed by atoms with E-state index >= 15 is 0 Å². The zero-order valence-electron chi connectivity index (χ0n) is 17.7. The summed E-state index contributed by atoms with van der Waals surface area (Å²) in [6, 6.07) is 25.3. The summed E-state index contributed by atoms with van der Waals surface area (Å²) in [5.74, 6) is -0.320. The minimum Gasteiger partial charge on any atom is -0.322 e. The maximum atomic E-state index is 13.2. The molecule has 1 heterocycles. The van der Waals surface area contributed by atoms with E-state index in [2.05, 4.69) is 10.3 Å². The molecule has 0 aliphatic heterocycles. The van der Waals surface area contributed by atoms with Crippen LogP contribution < -0.4 is 5.32 Å². The molecule has 4 aromatic rings. The number of carbonyl (C=O) groups excluding carboxylic acids is 1. The molecular weight excluding hydrogens is 420 g/mol. The van der Waals surface area contributed by atoms with Crippen molar-refractivity contribution in [3.8, 4) is 22.4 Å². The number of pyridine rings is 1. The molecule has 0 fully saturated rings. The molecule has 6 heteroatoms. The summed E-state index contributed by atoms with van der Waals surface area (Å²) in [5, 5.41) is 2.94. The van der Waals surface area contributed by atoms with Crippen molar-refractivity contribution in [3.63, 3.8) is 0 Å². The van der Waals surface area contributed by atoms with Gasteiger partial charge in [-0.3, -0.25) is 9.78 Å². The summed E-state index contributed by atoms with van der Waals surface area (Å²) in [6.45, 7) is 1.95. The van der Waals surface area contributed by atoms with Crippen LogP contribution in [0.4, 0.5) is 5.69 Å². The second-order valence-electron chi connectivity index (χ2n) is 7.60. The van der Waals surface area contributed by atoms with Gasteiger partial charge in [0.2, 0.25) is 0 Å². The number of anilines is 1. The number of rotatable bonds is 5. The van der Waals surface area contributed by atoms with Gasteiger partial charge in [-0.1, -0.05) is 48.0 Å². The highest BCUT2D eigenvalue weighted by atomic mass is 32.2. The molecule has 1 N–H and O–H groups in total. The molecule has 0 aliphatic rings. The van der Waals surface area contributed by atoms with E-state index in [0.29, 0.717) is 16.8 Å². The summed E-state index contributed by atoms with van der Waals surface area (Å²) >= 11 is 0. The second-order valence-corrected chi connectivity index (χ2v) is 9.61. The van der Waals surface area contributed by atoms with E-state index < -0.39 is 9.84 Å². The minimum absolute atomic E-state index is 0.169. The molecule has 32 heavy (non-hydrogen) atoms. The van der Waals surface area contributed by atoms with Crippen LogP contribution in [0.25, 0.3) is 22.4 Å². The highest BCUT2D eigenvalue weighted by molar-refractivity contribution is 7.90. The van der Waals surface area contributed by atoms with E-state index in [1.54, 1.807) is 18.3 Å². The Morgan fingerprint density at radius 2 is 1.62 bits per heavy atom. The fourth-order valence-corrected chi connectivity index (χ4v) is 4.14. The molecule has 1 aromatic heterocycles. The van der Waals surface area contributed by atoms with E-state index in [1.165, 1.54) is 6.07 Å². The summed E-state index contributed by atoms with van der Waals surface area (Å²) in [5.41, 5.74) is 5.07. The van der Waals surface area contributed by atoms with Crippen LogP contribution in [0.3, 0.4) is 0 Å². The Kier molecular flexibility index (Phi) is 5.88. The number of hydrogen-bond acceptors (Lipinski definition) is 4. The van der Waals surface area contributed by atoms with Crippen LogP contribution in [-0.2, 0) is 9.84 Å². The first kappa shape index (κ1) is 21.5. The number of aryl methyl sites for hydroxylation is 1. The van der Waals surface area contributed by atoms with Gasteiger partial charge in [0.15, 0.2) is 9.84 Å². The van der Waals surface area contributed by atoms with Crippen LogP contribution in [-0.4, -0.2) is 25.6 Å². The third-order valence-electron chi connectivity index (χ3n) is 5.07. The highest BCUT2D eigenvalue weighted by Crippen LogP contribution is 2.29. The Hall–Kier alpha value is -3.77. The smallest absolute Gasteiger partial charge is 0.256 e. The van der Waals surface area contributed by atoms with Crippen molar-refractivity contribution in [1.82, 2.24) is 4.98 Å². The van der Waals surface area contributed by atoms with Gasteiger partial charge in [0.25, 0.3) is 5.91 Å². The van der Waals surface area contributed by atoms with Crippen LogP contribution in [0.2, 0.25) is 0 Å². The van der Waals surface area contributed by atoms with Gasteiger partial charge in [0.05, 0.1) is 10.6 Å². The number of carbonyl (C=O) groups is 1. The lowest BCUT2D eigenvalue weighted by molar-refractivity contribution is 0.102. The van der Waals surface area contributed by atoms with E-state index in [9.17, 15) is 13.2 Å². The molecular formula is C26H22N2O3S. The Morgan fingerprint density at radius 1 is 0.844 bits per heavy atom. The number of aromatic nitrogens is 1. The van der Waals surface area contributed by atoms with Gasteiger partial charge in [-0.2, -0.15) is 0 Å². The fraction of sp³-hybridized carbons (Fsp3) is 0.0769. The molecule has 0 bridgehead atoms. The molecule has 1 amide bonds. The lowest BCUT2D eigenvalue weighted by atomic mass is 9.97. The third kappa shape index (κ3) is 4.76. The highest BCUT2D eigenvalue weighted by Gasteiger charge is 2.17. The summed E-state index contributed by atoms with van der Waals surface area (Å²) in [6.07, 6.45) is 2.88. The van der Waals surface area contributed by atoms with Crippen LogP contribution in [0.1, 0.15) is 15.9 Å². The molecule has 4 rings (SSSR count). The lowest BCUT2D eigenvalue weighted by Crippen LogP contribution is -2.14. The Bertz CT molecular complexity index is 1400. The van der Waals surface area contributed by atoms with Crippen molar-refractivity contribution in [2.75, 3.05) is 11.6 Å². The summed E-state index contributed by atoms with van der Waals surface area (Å²) in [4.78, 5) is 17.7. The third-order valence-corrected chi connectivity index (χ3v) is 6.18. The molecule has 5 nitrogen and oxygen atoms in total. The number of benzene rings is 3. The number of nitrogens with zero attached hydrogens (tertiary/aromatic N) is 1. The van der Waals surface area contributed by atoms with Gasteiger partial charge in [-0.15, -0.1) is 0 Å². The summed E-state index contributed by atoms with van der Waals surface area (Å²) in [7, 11) is -3.42. The standard InChI is InChI=1S/C26H22N2O3S/c1-18-7-5-8-19(15-18)24-17-22(32(2,30)31)12-13-23(24)26(29)28-21-10-6-9-20(16-21)25-11-3-4-14-27-25/h3-17H,1-2H3,(H,28,29). The van der Waals surface area contributed by atoms with E-state index in [4.69, 9.17) is 0 Å². The minimum atomic E-state index is -3.42. The molecule has 0 unspecified atom stereocenters. The average Bonchev–Trinajstić information content (AvgIpc) is 2.79. The summed E-state index contributed by atoms with van der Waals surface area (Å²) < 4.78 is 24.2. The largest absolute Gasteiger partial charge is 0.322 e. The van der Waals surface area contributed by atoms with Gasteiger partial charge < -0.3 is 5.32 Å². The first-order chi connectivity index (χ1) is 15.3. The average molecular weight is 443 g/mol. The quantitative estimate of drug-likeness (QED) is 0.450. The molecule has 0 saturated carbocycles. The van der Waals surface area contributed by atoms with Gasteiger partial charge in [0.1, 0.15) is 0 Å². The second kappa shape index (κ2) is 8.77.